The van der Waals surface area contributed by atoms with Crippen molar-refractivity contribution in [3.8, 4) is 5.69 Å². The van der Waals surface area contributed by atoms with Crippen LogP contribution in [0.4, 0.5) is 0 Å². The van der Waals surface area contributed by atoms with Crippen LogP contribution in [0.1, 0.15) is 42.6 Å². The standard InChI is InChI=1S/C17H20ClN3/c18-13-5-8-16(12(9-13)10-19-14-6-7-14)21-11-20-15-3-1-2-4-17(15)21/h5,8-9,11,14,19H,1-4,6-7,10H2. The van der Waals surface area contributed by atoms with Crippen LogP contribution in [0, 0.1) is 0 Å². The summed E-state index contributed by atoms with van der Waals surface area (Å²) < 4.78 is 2.27. The first-order valence-electron chi connectivity index (χ1n) is 7.88. The third-order valence-electron chi connectivity index (χ3n) is 4.49. The average molecular weight is 302 g/mol. The molecule has 0 saturated heterocycles. The Hall–Kier alpha value is -1.32. The lowest BCUT2D eigenvalue weighted by molar-refractivity contribution is 0.651. The second-order valence-corrected chi connectivity index (χ2v) is 6.58. The maximum atomic E-state index is 6.20. The topological polar surface area (TPSA) is 29.9 Å². The molecular formula is C17H20ClN3. The van der Waals surface area contributed by atoms with E-state index in [4.69, 9.17) is 11.6 Å². The highest BCUT2D eigenvalue weighted by Gasteiger charge is 2.22. The summed E-state index contributed by atoms with van der Waals surface area (Å²) in [5.74, 6) is 0. The molecule has 0 unspecified atom stereocenters. The number of nitrogens with one attached hydrogen (secondary N) is 1. The molecule has 4 rings (SSSR count). The summed E-state index contributed by atoms with van der Waals surface area (Å²) in [6, 6.07) is 6.89. The Bertz CT molecular complexity index is 658. The van der Waals surface area contributed by atoms with Gasteiger partial charge in [0.05, 0.1) is 17.7 Å². The van der Waals surface area contributed by atoms with E-state index in [0.717, 1.165) is 24.4 Å². The number of hydrogen-bond acceptors (Lipinski definition) is 2. The molecule has 1 heterocycles. The third kappa shape index (κ3) is 2.72. The van der Waals surface area contributed by atoms with Crippen molar-refractivity contribution in [1.29, 1.82) is 0 Å². The van der Waals surface area contributed by atoms with Gasteiger partial charge < -0.3 is 9.88 Å². The van der Waals surface area contributed by atoms with Crippen LogP contribution in [0.5, 0.6) is 0 Å². The third-order valence-corrected chi connectivity index (χ3v) is 4.72. The van der Waals surface area contributed by atoms with Gasteiger partial charge in [0, 0.05) is 23.3 Å². The quantitative estimate of drug-likeness (QED) is 0.934. The molecule has 2 aliphatic carbocycles. The van der Waals surface area contributed by atoms with E-state index in [1.165, 1.54) is 48.3 Å². The Kier molecular flexibility index (Phi) is 3.48. The summed E-state index contributed by atoms with van der Waals surface area (Å²) in [7, 11) is 0. The fraction of sp³-hybridized carbons (Fsp3) is 0.471. The van der Waals surface area contributed by atoms with E-state index in [0.29, 0.717) is 6.04 Å². The number of aromatic nitrogens is 2. The van der Waals surface area contributed by atoms with E-state index in [9.17, 15) is 0 Å². The monoisotopic (exact) mass is 301 g/mol. The Morgan fingerprint density at radius 2 is 2.10 bits per heavy atom. The van der Waals surface area contributed by atoms with Crippen molar-refractivity contribution in [3.05, 3.63) is 46.5 Å². The van der Waals surface area contributed by atoms with Crippen molar-refractivity contribution in [1.82, 2.24) is 14.9 Å². The Morgan fingerprint density at radius 1 is 1.24 bits per heavy atom. The molecule has 110 valence electrons. The van der Waals surface area contributed by atoms with Gasteiger partial charge in [-0.1, -0.05) is 11.6 Å². The molecule has 21 heavy (non-hydrogen) atoms. The van der Waals surface area contributed by atoms with Gasteiger partial charge in [0.2, 0.25) is 0 Å². The molecule has 0 atom stereocenters. The fourth-order valence-corrected chi connectivity index (χ4v) is 3.34. The highest BCUT2D eigenvalue weighted by atomic mass is 35.5. The van der Waals surface area contributed by atoms with E-state index < -0.39 is 0 Å². The summed E-state index contributed by atoms with van der Waals surface area (Å²) in [6.45, 7) is 0.882. The molecule has 2 aliphatic rings. The normalized spacial score (nSPS) is 17.8. The summed E-state index contributed by atoms with van der Waals surface area (Å²) in [5, 5.41) is 4.40. The minimum absolute atomic E-state index is 0.702. The molecule has 0 amide bonds. The molecule has 1 aromatic carbocycles. The van der Waals surface area contributed by atoms with Crippen LogP contribution in [0.25, 0.3) is 5.69 Å². The summed E-state index contributed by atoms with van der Waals surface area (Å²) in [4.78, 5) is 4.61. The molecule has 4 heteroatoms. The predicted molar refractivity (Wildman–Crippen MR) is 85.1 cm³/mol. The van der Waals surface area contributed by atoms with Gasteiger partial charge >= 0.3 is 0 Å². The molecule has 1 saturated carbocycles. The zero-order chi connectivity index (χ0) is 14.2. The predicted octanol–water partition coefficient (Wildman–Crippen LogP) is 3.66. The fourth-order valence-electron chi connectivity index (χ4n) is 3.15. The van der Waals surface area contributed by atoms with Crippen molar-refractivity contribution in [2.75, 3.05) is 0 Å². The minimum Gasteiger partial charge on any atom is -0.310 e. The molecule has 2 aromatic rings. The van der Waals surface area contributed by atoms with Gasteiger partial charge in [-0.25, -0.2) is 4.98 Å². The molecule has 3 nitrogen and oxygen atoms in total. The van der Waals surface area contributed by atoms with Gasteiger partial charge in [-0.05, 0) is 62.3 Å². The first kappa shape index (κ1) is 13.4. The lowest BCUT2D eigenvalue weighted by Crippen LogP contribution is -2.17. The van der Waals surface area contributed by atoms with E-state index in [-0.39, 0.29) is 0 Å². The van der Waals surface area contributed by atoms with Gasteiger partial charge in [0.25, 0.3) is 0 Å². The van der Waals surface area contributed by atoms with Gasteiger partial charge in [-0.2, -0.15) is 0 Å². The maximum Gasteiger partial charge on any atom is 0.0997 e. The van der Waals surface area contributed by atoms with Gasteiger partial charge in [0.1, 0.15) is 0 Å². The molecular weight excluding hydrogens is 282 g/mol. The smallest absolute Gasteiger partial charge is 0.0997 e. The number of fused-ring (bicyclic) bond motifs is 1. The number of rotatable bonds is 4. The molecule has 1 aromatic heterocycles. The number of benzene rings is 1. The van der Waals surface area contributed by atoms with Gasteiger partial charge in [-0.3, -0.25) is 0 Å². The van der Waals surface area contributed by atoms with Crippen molar-refractivity contribution < 1.29 is 0 Å². The number of aryl methyl sites for hydroxylation is 1. The van der Waals surface area contributed by atoms with Crippen LogP contribution >= 0.6 is 11.6 Å². The first-order chi connectivity index (χ1) is 10.3. The maximum absolute atomic E-state index is 6.20. The Balaban J connectivity index is 1.71. The SMILES string of the molecule is Clc1ccc(-n2cnc3c2CCCC3)c(CNC2CC2)c1. The first-order valence-corrected chi connectivity index (χ1v) is 8.26. The zero-order valence-electron chi connectivity index (χ0n) is 12.1. The van der Waals surface area contributed by atoms with Crippen LogP contribution in [0.15, 0.2) is 24.5 Å². The summed E-state index contributed by atoms with van der Waals surface area (Å²) >= 11 is 6.20. The molecule has 1 N–H and O–H groups in total. The largest absolute Gasteiger partial charge is 0.310 e. The van der Waals surface area contributed by atoms with Crippen LogP contribution in [0.2, 0.25) is 5.02 Å². The second-order valence-electron chi connectivity index (χ2n) is 6.14. The van der Waals surface area contributed by atoms with Crippen LogP contribution in [-0.4, -0.2) is 15.6 Å². The average Bonchev–Trinajstić information content (AvgIpc) is 3.24. The van der Waals surface area contributed by atoms with Gasteiger partial charge in [0.15, 0.2) is 0 Å². The zero-order valence-corrected chi connectivity index (χ0v) is 12.9. The van der Waals surface area contributed by atoms with E-state index in [1.54, 1.807) is 0 Å². The Labute approximate surface area is 130 Å². The van der Waals surface area contributed by atoms with E-state index in [1.807, 2.05) is 12.4 Å². The lowest BCUT2D eigenvalue weighted by atomic mass is 10.0. The van der Waals surface area contributed by atoms with Gasteiger partial charge in [-0.15, -0.1) is 0 Å². The van der Waals surface area contributed by atoms with Crippen LogP contribution < -0.4 is 5.32 Å². The molecule has 0 bridgehead atoms. The molecule has 1 fully saturated rings. The van der Waals surface area contributed by atoms with Crippen molar-refractivity contribution in [2.24, 2.45) is 0 Å². The minimum atomic E-state index is 0.702. The summed E-state index contributed by atoms with van der Waals surface area (Å²) in [5.41, 5.74) is 5.15. The summed E-state index contributed by atoms with van der Waals surface area (Å²) in [6.07, 6.45) is 9.37. The number of imidazole rings is 1. The number of halogens is 1. The Morgan fingerprint density at radius 3 is 2.95 bits per heavy atom. The highest BCUT2D eigenvalue weighted by molar-refractivity contribution is 6.30. The van der Waals surface area contributed by atoms with E-state index >= 15 is 0 Å². The van der Waals surface area contributed by atoms with Crippen LogP contribution in [0.3, 0.4) is 0 Å². The second kappa shape index (κ2) is 5.47. The van der Waals surface area contributed by atoms with E-state index in [2.05, 4.69) is 27.0 Å². The molecule has 0 radical (unpaired) electrons. The highest BCUT2D eigenvalue weighted by Crippen LogP contribution is 2.27. The van der Waals surface area contributed by atoms with Crippen LogP contribution in [-0.2, 0) is 19.4 Å². The molecule has 0 spiro atoms. The van der Waals surface area contributed by atoms with Crippen molar-refractivity contribution in [3.63, 3.8) is 0 Å². The number of hydrogen-bond donors (Lipinski definition) is 1. The number of nitrogens with zero attached hydrogens (tertiary/aromatic N) is 2. The lowest BCUT2D eigenvalue weighted by Gasteiger charge is -2.17. The molecule has 0 aliphatic heterocycles. The van der Waals surface area contributed by atoms with Crippen molar-refractivity contribution in [2.45, 2.75) is 51.1 Å². The van der Waals surface area contributed by atoms with Crippen molar-refractivity contribution >= 4 is 11.6 Å².